The molecule has 0 radical (unpaired) electrons. The Bertz CT molecular complexity index is 1050. The molecule has 3 rings (SSSR count). The van der Waals surface area contributed by atoms with Crippen molar-refractivity contribution in [3.63, 3.8) is 0 Å². The van der Waals surface area contributed by atoms with E-state index in [1.54, 1.807) is 20.8 Å². The van der Waals surface area contributed by atoms with Gasteiger partial charge in [0, 0.05) is 12.1 Å². The lowest BCUT2D eigenvalue weighted by Gasteiger charge is -2.47. The minimum absolute atomic E-state index is 0.127. The highest BCUT2D eigenvalue weighted by Crippen LogP contribution is 2.42. The number of aromatic nitrogens is 2. The molecule has 12 heteroatoms. The molecule has 2 amide bonds. The lowest BCUT2D eigenvalue weighted by Crippen LogP contribution is -2.66. The number of nitrogens with one attached hydrogen (secondary N) is 1. The molecule has 2 heterocycles. The molecule has 7 nitrogen and oxygen atoms in total. The molecule has 3 N–H and O–H groups in total. The number of nitrogens with zero attached hydrogens (tertiary/aromatic N) is 2. The third-order valence-electron chi connectivity index (χ3n) is 5.92. The van der Waals surface area contributed by atoms with Crippen molar-refractivity contribution in [3.8, 4) is 0 Å². The van der Waals surface area contributed by atoms with Gasteiger partial charge in [0.05, 0.1) is 16.3 Å². The molecule has 26 heavy (non-hydrogen) atoms. The average molecular weight is 345 g/mol. The third kappa shape index (κ3) is 2.27. The standard InChI is InChI=1S/C14H19B5N4O3/c1-4-21-10-8(6(20)2-5(15)9(10)16)11(25)23(4)14(19)12(26)22-7(24)3-13(14,17)18/h2H,3,15-20H2,1H3,(H,22,24,26). The van der Waals surface area contributed by atoms with E-state index in [4.69, 9.17) is 5.73 Å². The van der Waals surface area contributed by atoms with Crippen molar-refractivity contribution in [2.75, 3.05) is 5.73 Å². The fourth-order valence-corrected chi connectivity index (χ4v) is 3.86. The van der Waals surface area contributed by atoms with E-state index in [2.05, 4.69) is 10.3 Å². The highest BCUT2D eigenvalue weighted by atomic mass is 16.2. The fourth-order valence-electron chi connectivity index (χ4n) is 3.86. The molecule has 0 aliphatic carbocycles. The predicted octanol–water partition coefficient (Wildman–Crippen LogP) is -6.48. The van der Waals surface area contributed by atoms with E-state index in [1.807, 2.05) is 31.4 Å². The van der Waals surface area contributed by atoms with E-state index in [0.717, 1.165) is 10.9 Å². The zero-order chi connectivity index (χ0) is 19.6. The van der Waals surface area contributed by atoms with E-state index < -0.39 is 16.6 Å². The molecule has 1 saturated heterocycles. The maximum Gasteiger partial charge on any atom is 0.263 e. The summed E-state index contributed by atoms with van der Waals surface area (Å²) in [6, 6.07) is 1.75. The second-order valence-electron chi connectivity index (χ2n) is 7.94. The molecule has 1 atom stereocenters. The monoisotopic (exact) mass is 346 g/mol. The van der Waals surface area contributed by atoms with Crippen LogP contribution in [0.2, 0.25) is 5.21 Å². The highest BCUT2D eigenvalue weighted by Gasteiger charge is 2.53. The van der Waals surface area contributed by atoms with Crippen molar-refractivity contribution in [2.24, 2.45) is 0 Å². The van der Waals surface area contributed by atoms with Gasteiger partial charge in [-0.05, 0) is 13.0 Å². The van der Waals surface area contributed by atoms with Crippen LogP contribution < -0.4 is 27.5 Å². The number of carbonyl (C=O) groups excluding carboxylic acids is 2. The van der Waals surface area contributed by atoms with Crippen molar-refractivity contribution in [1.82, 2.24) is 14.9 Å². The first-order valence-electron chi connectivity index (χ1n) is 8.55. The van der Waals surface area contributed by atoms with Crippen LogP contribution >= 0.6 is 0 Å². The number of carbonyl (C=O) groups is 2. The Kier molecular flexibility index (Phi) is 3.94. The van der Waals surface area contributed by atoms with Gasteiger partial charge in [-0.15, -0.1) is 0 Å². The number of hydrogen-bond acceptors (Lipinski definition) is 5. The van der Waals surface area contributed by atoms with Crippen molar-refractivity contribution < 1.29 is 9.59 Å². The summed E-state index contributed by atoms with van der Waals surface area (Å²) in [5.41, 5.74) is 7.22. The number of anilines is 1. The van der Waals surface area contributed by atoms with Crippen molar-refractivity contribution in [3.05, 3.63) is 22.2 Å². The molecule has 1 aliphatic heterocycles. The Hall–Kier alpha value is -2.38. The summed E-state index contributed by atoms with van der Waals surface area (Å²) in [6.07, 6.45) is 0.127. The van der Waals surface area contributed by atoms with E-state index in [-0.39, 0.29) is 17.9 Å². The van der Waals surface area contributed by atoms with Gasteiger partial charge in [-0.3, -0.25) is 24.3 Å². The minimum Gasteiger partial charge on any atom is -0.398 e. The van der Waals surface area contributed by atoms with Gasteiger partial charge in [0.25, 0.3) is 5.56 Å². The number of aryl methyl sites for hydroxylation is 1. The molecule has 1 fully saturated rings. The zero-order valence-electron chi connectivity index (χ0n) is 16.0. The third-order valence-corrected chi connectivity index (χ3v) is 5.92. The van der Waals surface area contributed by atoms with Gasteiger partial charge in [-0.2, -0.15) is 0 Å². The second-order valence-corrected chi connectivity index (χ2v) is 7.94. The molecule has 2 aromatic rings. The first kappa shape index (κ1) is 18.4. The number of benzene rings is 1. The SMILES string of the molecule is Bc1cc(N)c2c(=O)n(C3(B)C(=O)NC(=O)CC3(B)B)c(C)nc2c1B. The fraction of sp³-hybridized carbons (Fsp3) is 0.286. The average Bonchev–Trinajstić information content (AvgIpc) is 2.49. The van der Waals surface area contributed by atoms with Crippen LogP contribution in [0.25, 0.3) is 10.9 Å². The Morgan fingerprint density at radius 1 is 1.23 bits per heavy atom. The summed E-state index contributed by atoms with van der Waals surface area (Å²) in [4.78, 5) is 42.8. The van der Waals surface area contributed by atoms with Crippen LogP contribution in [0.15, 0.2) is 10.9 Å². The van der Waals surface area contributed by atoms with Crippen LogP contribution in [-0.4, -0.2) is 60.6 Å². The summed E-state index contributed by atoms with van der Waals surface area (Å²) in [5.74, 6) is -0.439. The van der Waals surface area contributed by atoms with Gasteiger partial charge in [0.2, 0.25) is 11.8 Å². The van der Waals surface area contributed by atoms with Crippen LogP contribution in [-0.2, 0) is 15.0 Å². The van der Waals surface area contributed by atoms with Crippen LogP contribution in [0.3, 0.4) is 0 Å². The van der Waals surface area contributed by atoms with E-state index in [9.17, 15) is 14.4 Å². The largest absolute Gasteiger partial charge is 0.398 e. The van der Waals surface area contributed by atoms with Crippen molar-refractivity contribution in [1.29, 1.82) is 0 Å². The Morgan fingerprint density at radius 3 is 2.42 bits per heavy atom. The van der Waals surface area contributed by atoms with Gasteiger partial charge in [-0.25, -0.2) is 4.98 Å². The number of fused-ring (bicyclic) bond motifs is 1. The number of imide groups is 1. The Balaban J connectivity index is 2.45. The van der Waals surface area contributed by atoms with E-state index in [0.29, 0.717) is 22.4 Å². The number of nitrogen functional groups attached to an aromatic ring is 1. The minimum atomic E-state index is -1.27. The van der Waals surface area contributed by atoms with Crippen LogP contribution in [0.5, 0.6) is 0 Å². The molecular weight excluding hydrogens is 326 g/mol. The number of rotatable bonds is 1. The van der Waals surface area contributed by atoms with Gasteiger partial charge >= 0.3 is 0 Å². The van der Waals surface area contributed by atoms with E-state index in [1.165, 1.54) is 4.57 Å². The summed E-state index contributed by atoms with van der Waals surface area (Å²) in [5, 5.41) is 1.90. The zero-order valence-corrected chi connectivity index (χ0v) is 16.0. The van der Waals surface area contributed by atoms with Crippen LogP contribution in [0.4, 0.5) is 5.69 Å². The van der Waals surface area contributed by atoms with Crippen LogP contribution in [0.1, 0.15) is 12.2 Å². The van der Waals surface area contributed by atoms with Gasteiger partial charge < -0.3 is 5.73 Å². The summed E-state index contributed by atoms with van der Waals surface area (Å²) in [6.45, 7) is 1.70. The number of hydrogen-bond donors (Lipinski definition) is 2. The first-order chi connectivity index (χ1) is 11.9. The van der Waals surface area contributed by atoms with Crippen molar-refractivity contribution in [2.45, 2.75) is 24.0 Å². The second kappa shape index (κ2) is 5.56. The Labute approximate surface area is 155 Å². The number of nitrogens with two attached hydrogens (primary N) is 1. The number of piperidine rings is 1. The topological polar surface area (TPSA) is 107 Å². The van der Waals surface area contributed by atoms with Crippen molar-refractivity contribution >= 4 is 78.6 Å². The lowest BCUT2D eigenvalue weighted by atomic mass is 9.37. The lowest BCUT2D eigenvalue weighted by molar-refractivity contribution is -0.138. The Morgan fingerprint density at radius 2 is 1.85 bits per heavy atom. The molecule has 0 spiro atoms. The maximum absolute atomic E-state index is 13.4. The summed E-state index contributed by atoms with van der Waals surface area (Å²) in [7, 11) is 9.10. The first-order valence-corrected chi connectivity index (χ1v) is 8.55. The molecule has 128 valence electrons. The maximum atomic E-state index is 13.4. The molecule has 1 aliphatic rings. The van der Waals surface area contributed by atoms with Gasteiger partial charge in [0.1, 0.15) is 45.1 Å². The number of amides is 2. The summed E-state index contributed by atoms with van der Waals surface area (Å²) < 4.78 is 1.39. The normalized spacial score (nSPS) is 22.3. The predicted molar refractivity (Wildman–Crippen MR) is 116 cm³/mol. The van der Waals surface area contributed by atoms with E-state index >= 15 is 0 Å². The molecule has 1 unspecified atom stereocenters. The van der Waals surface area contributed by atoms with Gasteiger partial charge in [-0.1, -0.05) is 16.1 Å². The molecular formula is C14H19B5N4O3. The van der Waals surface area contributed by atoms with Gasteiger partial charge in [0.15, 0.2) is 0 Å². The molecule has 0 bridgehead atoms. The quantitative estimate of drug-likeness (QED) is 0.304. The molecule has 1 aromatic heterocycles. The summed E-state index contributed by atoms with van der Waals surface area (Å²) >= 11 is 0. The molecule has 0 saturated carbocycles. The molecule has 1 aromatic carbocycles. The highest BCUT2D eigenvalue weighted by molar-refractivity contribution is 6.53. The smallest absolute Gasteiger partial charge is 0.263 e. The van der Waals surface area contributed by atoms with Crippen LogP contribution in [0, 0.1) is 6.92 Å².